The predicted molar refractivity (Wildman–Crippen MR) is 89.5 cm³/mol. The van der Waals surface area contributed by atoms with Gasteiger partial charge >= 0.3 is 0 Å². The average molecular weight is 269 g/mol. The van der Waals surface area contributed by atoms with Crippen molar-refractivity contribution in [1.82, 2.24) is 0 Å². The second-order valence-electron chi connectivity index (χ2n) is 7.76. The van der Waals surface area contributed by atoms with Crippen molar-refractivity contribution in [3.63, 3.8) is 0 Å². The van der Waals surface area contributed by atoms with Crippen molar-refractivity contribution in [2.75, 3.05) is 0 Å². The Morgan fingerprint density at radius 2 is 1.05 bits per heavy atom. The van der Waals surface area contributed by atoms with Crippen molar-refractivity contribution in [2.24, 2.45) is 29.1 Å². The molecule has 2 saturated carbocycles. The molecule has 0 aromatic heterocycles. The first-order valence-corrected chi connectivity index (χ1v) is 8.00. The molecule has 0 heteroatoms. The molecule has 4 unspecified atom stereocenters. The fourth-order valence-corrected chi connectivity index (χ4v) is 4.55. The van der Waals surface area contributed by atoms with Crippen LogP contribution in [0.5, 0.6) is 0 Å². The smallest absolute Gasteiger partial charge is 0.0297 e. The maximum atomic E-state index is 2.58. The molecule has 0 aromatic rings. The van der Waals surface area contributed by atoms with Crippen molar-refractivity contribution in [3.8, 4) is 0 Å². The summed E-state index contributed by atoms with van der Waals surface area (Å²) in [5.74, 6) is 3.96. The van der Waals surface area contributed by atoms with Gasteiger partial charge in [0.05, 0.1) is 0 Å². The van der Waals surface area contributed by atoms with Crippen LogP contribution >= 0.6 is 0 Å². The van der Waals surface area contributed by atoms with Gasteiger partial charge in [-0.1, -0.05) is 68.2 Å². The summed E-state index contributed by atoms with van der Waals surface area (Å²) in [6, 6.07) is 0. The third-order valence-corrected chi connectivity index (χ3v) is 5.98. The lowest BCUT2D eigenvalue weighted by molar-refractivity contribution is 0.0346. The van der Waals surface area contributed by atoms with Gasteiger partial charge in [0.2, 0.25) is 0 Å². The van der Waals surface area contributed by atoms with Crippen LogP contribution in [0.25, 0.3) is 0 Å². The van der Waals surface area contributed by atoms with Crippen molar-refractivity contribution < 1.29 is 0 Å². The van der Waals surface area contributed by atoms with E-state index in [4.69, 9.17) is 0 Å². The maximum Gasteiger partial charge on any atom is -0.0297 e. The average Bonchev–Trinajstić information content (AvgIpc) is 2.29. The second-order valence-corrected chi connectivity index (χ2v) is 7.76. The van der Waals surface area contributed by atoms with E-state index in [0.717, 1.165) is 23.7 Å². The Morgan fingerprint density at radius 3 is 1.37 bits per heavy atom. The Kier molecular flexibility index (Phi) is 7.70. The van der Waals surface area contributed by atoms with Gasteiger partial charge in [-0.25, -0.2) is 0 Å². The molecule has 0 bridgehead atoms. The summed E-state index contributed by atoms with van der Waals surface area (Å²) in [4.78, 5) is 0. The molecule has 0 amide bonds. The van der Waals surface area contributed by atoms with E-state index in [1.54, 1.807) is 0 Å². The summed E-state index contributed by atoms with van der Waals surface area (Å²) in [6.07, 6.45) is 11.9. The standard InChI is InChI=1S/C17H32.2CH4/c1-13-7-5-9-15(11-13)17(3,4)16-10-6-8-14(2)12-16;;/h13-16H,5-12H2,1-4H3;2*1H4. The van der Waals surface area contributed by atoms with E-state index in [2.05, 4.69) is 27.7 Å². The molecule has 0 aromatic carbocycles. The quantitative estimate of drug-likeness (QED) is 0.509. The highest BCUT2D eigenvalue weighted by Crippen LogP contribution is 2.50. The summed E-state index contributed by atoms with van der Waals surface area (Å²) >= 11 is 0. The molecule has 4 atom stereocenters. The number of hydrogen-bond donors (Lipinski definition) is 0. The van der Waals surface area contributed by atoms with Crippen LogP contribution in [0.4, 0.5) is 0 Å². The highest BCUT2D eigenvalue weighted by molar-refractivity contribution is 4.90. The lowest BCUT2D eigenvalue weighted by atomic mass is 9.59. The summed E-state index contributed by atoms with van der Waals surface area (Å²) in [5.41, 5.74) is 0.601. The fourth-order valence-electron chi connectivity index (χ4n) is 4.55. The molecule has 116 valence electrons. The van der Waals surface area contributed by atoms with E-state index in [1.807, 2.05) is 0 Å². The van der Waals surface area contributed by atoms with Crippen LogP contribution in [-0.2, 0) is 0 Å². The third-order valence-electron chi connectivity index (χ3n) is 5.98. The first kappa shape index (κ1) is 19.0. The number of rotatable bonds is 2. The topological polar surface area (TPSA) is 0 Å². The highest BCUT2D eigenvalue weighted by atomic mass is 14.4. The Bertz CT molecular complexity index is 216. The first-order valence-electron chi connectivity index (χ1n) is 8.00. The van der Waals surface area contributed by atoms with Gasteiger partial charge in [-0.05, 0) is 54.8 Å². The van der Waals surface area contributed by atoms with Gasteiger partial charge in [0.25, 0.3) is 0 Å². The van der Waals surface area contributed by atoms with Crippen molar-refractivity contribution in [2.45, 2.75) is 93.9 Å². The maximum absolute atomic E-state index is 2.58. The van der Waals surface area contributed by atoms with Crippen molar-refractivity contribution in [1.29, 1.82) is 0 Å². The lowest BCUT2D eigenvalue weighted by Crippen LogP contribution is -2.37. The van der Waals surface area contributed by atoms with Gasteiger partial charge in [-0.3, -0.25) is 0 Å². The molecule has 0 N–H and O–H groups in total. The normalized spacial score (nSPS) is 36.0. The van der Waals surface area contributed by atoms with Gasteiger partial charge in [0.1, 0.15) is 0 Å². The van der Waals surface area contributed by atoms with Crippen LogP contribution in [0.1, 0.15) is 93.9 Å². The lowest BCUT2D eigenvalue weighted by Gasteiger charge is -2.47. The zero-order valence-corrected chi connectivity index (χ0v) is 12.5. The predicted octanol–water partition coefficient (Wildman–Crippen LogP) is 6.94. The monoisotopic (exact) mass is 268 g/mol. The summed E-state index contributed by atoms with van der Waals surface area (Å²) in [6.45, 7) is 10.1. The Hall–Kier alpha value is 0. The summed E-state index contributed by atoms with van der Waals surface area (Å²) in [7, 11) is 0. The molecule has 2 aliphatic rings. The van der Waals surface area contributed by atoms with Crippen molar-refractivity contribution >= 4 is 0 Å². The Labute approximate surface area is 123 Å². The van der Waals surface area contributed by atoms with Crippen LogP contribution in [0.15, 0.2) is 0 Å². The molecule has 19 heavy (non-hydrogen) atoms. The molecule has 0 nitrogen and oxygen atoms in total. The van der Waals surface area contributed by atoms with Gasteiger partial charge in [-0.2, -0.15) is 0 Å². The van der Waals surface area contributed by atoms with Gasteiger partial charge in [0, 0.05) is 0 Å². The molecule has 2 fully saturated rings. The fraction of sp³-hybridized carbons (Fsp3) is 1.00. The largest absolute Gasteiger partial charge is 0.0776 e. The first-order chi connectivity index (χ1) is 8.00. The Balaban J connectivity index is 0.00000162. The molecule has 2 aliphatic carbocycles. The minimum Gasteiger partial charge on any atom is -0.0776 e. The minimum absolute atomic E-state index is 0. The van der Waals surface area contributed by atoms with Crippen LogP contribution in [0.3, 0.4) is 0 Å². The van der Waals surface area contributed by atoms with E-state index < -0.39 is 0 Å². The molecule has 0 radical (unpaired) electrons. The van der Waals surface area contributed by atoms with E-state index in [1.165, 1.54) is 51.4 Å². The molecule has 2 rings (SSSR count). The van der Waals surface area contributed by atoms with Crippen LogP contribution in [-0.4, -0.2) is 0 Å². The van der Waals surface area contributed by atoms with E-state index in [0.29, 0.717) is 5.41 Å². The van der Waals surface area contributed by atoms with Gasteiger partial charge < -0.3 is 0 Å². The van der Waals surface area contributed by atoms with E-state index >= 15 is 0 Å². The summed E-state index contributed by atoms with van der Waals surface area (Å²) < 4.78 is 0. The van der Waals surface area contributed by atoms with Crippen LogP contribution in [0, 0.1) is 29.1 Å². The molecular formula is C19H40. The van der Waals surface area contributed by atoms with Crippen molar-refractivity contribution in [3.05, 3.63) is 0 Å². The van der Waals surface area contributed by atoms with E-state index in [-0.39, 0.29) is 14.9 Å². The van der Waals surface area contributed by atoms with Gasteiger partial charge in [-0.15, -0.1) is 0 Å². The molecule has 0 spiro atoms. The molecular weight excluding hydrogens is 228 g/mol. The molecule has 0 saturated heterocycles. The third kappa shape index (κ3) is 4.50. The number of hydrogen-bond acceptors (Lipinski definition) is 0. The van der Waals surface area contributed by atoms with Crippen LogP contribution in [0.2, 0.25) is 0 Å². The molecule has 0 heterocycles. The zero-order chi connectivity index (χ0) is 12.5. The zero-order valence-electron chi connectivity index (χ0n) is 12.5. The van der Waals surface area contributed by atoms with Gasteiger partial charge in [0.15, 0.2) is 0 Å². The highest BCUT2D eigenvalue weighted by Gasteiger charge is 2.40. The van der Waals surface area contributed by atoms with Crippen LogP contribution < -0.4 is 0 Å². The summed E-state index contributed by atoms with van der Waals surface area (Å²) in [5, 5.41) is 0. The molecule has 0 aliphatic heterocycles. The second kappa shape index (κ2) is 7.70. The minimum atomic E-state index is 0. The SMILES string of the molecule is C.C.CC1CCCC(C(C)(C)C2CCCC(C)C2)C1. The van der Waals surface area contributed by atoms with E-state index in [9.17, 15) is 0 Å². The Morgan fingerprint density at radius 1 is 0.684 bits per heavy atom.